The number of hydrogen-bond acceptors (Lipinski definition) is 4. The van der Waals surface area contributed by atoms with Gasteiger partial charge in [-0.3, -0.25) is 9.69 Å². The second-order valence-corrected chi connectivity index (χ2v) is 9.15. The summed E-state index contributed by atoms with van der Waals surface area (Å²) < 4.78 is 8.54. The smallest absolute Gasteiger partial charge is 0.271 e. The molecule has 0 atom stereocenters. The Bertz CT molecular complexity index is 1140. The molecule has 33 heavy (non-hydrogen) atoms. The molecule has 2 heterocycles. The molecule has 0 aliphatic carbocycles. The minimum absolute atomic E-state index is 0.229. The third kappa shape index (κ3) is 5.43. The van der Waals surface area contributed by atoms with Crippen LogP contribution in [0.15, 0.2) is 58.1 Å². The van der Waals surface area contributed by atoms with Crippen molar-refractivity contribution in [1.82, 2.24) is 14.9 Å². The van der Waals surface area contributed by atoms with Gasteiger partial charge in [0, 0.05) is 52.3 Å². The third-order valence-corrected chi connectivity index (χ3v) is 6.99. The van der Waals surface area contributed by atoms with E-state index in [1.807, 2.05) is 31.2 Å². The van der Waals surface area contributed by atoms with Crippen molar-refractivity contribution in [3.8, 4) is 5.69 Å². The van der Waals surface area contributed by atoms with Crippen LogP contribution in [0, 0.1) is 20.8 Å². The van der Waals surface area contributed by atoms with E-state index in [1.165, 1.54) is 11.1 Å². The number of amides is 1. The van der Waals surface area contributed by atoms with Gasteiger partial charge in [-0.1, -0.05) is 29.8 Å². The quantitative estimate of drug-likeness (QED) is 0.385. The highest BCUT2D eigenvalue weighted by atomic mass is 79.9. The predicted molar refractivity (Wildman–Crippen MR) is 135 cm³/mol. The van der Waals surface area contributed by atoms with Crippen LogP contribution in [0.1, 0.15) is 38.4 Å². The molecule has 0 spiro atoms. The molecule has 1 amide bonds. The Morgan fingerprint density at radius 2 is 1.70 bits per heavy atom. The Morgan fingerprint density at radius 1 is 1.03 bits per heavy atom. The van der Waals surface area contributed by atoms with E-state index in [1.54, 1.807) is 6.21 Å². The summed E-state index contributed by atoms with van der Waals surface area (Å²) in [5.41, 5.74) is 9.81. The Labute approximate surface area is 203 Å². The lowest BCUT2D eigenvalue weighted by Gasteiger charge is -2.26. The number of benzene rings is 2. The molecule has 0 bridgehead atoms. The van der Waals surface area contributed by atoms with E-state index < -0.39 is 0 Å². The minimum atomic E-state index is -0.229. The fourth-order valence-electron chi connectivity index (χ4n) is 4.05. The summed E-state index contributed by atoms with van der Waals surface area (Å²) in [4.78, 5) is 14.9. The lowest BCUT2D eigenvalue weighted by atomic mass is 10.1. The predicted octanol–water partition coefficient (Wildman–Crippen LogP) is 4.76. The maximum absolute atomic E-state index is 12.6. The number of nitrogens with one attached hydrogen (secondary N) is 1. The first-order valence-corrected chi connectivity index (χ1v) is 11.9. The maximum atomic E-state index is 12.6. The average Bonchev–Trinajstić information content (AvgIpc) is 3.04. The van der Waals surface area contributed by atoms with E-state index in [-0.39, 0.29) is 5.91 Å². The maximum Gasteiger partial charge on any atom is 0.271 e. The van der Waals surface area contributed by atoms with Gasteiger partial charge in [0.1, 0.15) is 0 Å². The van der Waals surface area contributed by atoms with Gasteiger partial charge in [0.25, 0.3) is 5.91 Å². The van der Waals surface area contributed by atoms with E-state index in [0.29, 0.717) is 5.56 Å². The molecule has 0 saturated carbocycles. The number of morpholine rings is 1. The number of aryl methyl sites for hydroxylation is 1. The average molecular weight is 509 g/mol. The van der Waals surface area contributed by atoms with Gasteiger partial charge < -0.3 is 9.30 Å². The Morgan fingerprint density at radius 3 is 2.36 bits per heavy atom. The van der Waals surface area contributed by atoms with E-state index in [4.69, 9.17) is 4.74 Å². The van der Waals surface area contributed by atoms with Crippen LogP contribution in [-0.2, 0) is 11.3 Å². The standard InChI is InChI=1S/C26H29BrN4O2/c1-18-4-10-23(11-5-18)31-19(2)24(25(27)20(31)3)16-28-29-26(32)22-8-6-21(7-9-22)17-30-12-14-33-15-13-30/h4-11,16H,12-15,17H2,1-3H3,(H,29,32)/b28-16-. The lowest BCUT2D eigenvalue weighted by Crippen LogP contribution is -2.35. The molecule has 172 valence electrons. The van der Waals surface area contributed by atoms with Crippen molar-refractivity contribution in [2.45, 2.75) is 27.3 Å². The van der Waals surface area contributed by atoms with Crippen molar-refractivity contribution in [1.29, 1.82) is 0 Å². The fraction of sp³-hybridized carbons (Fsp3) is 0.308. The van der Waals surface area contributed by atoms with Crippen molar-refractivity contribution < 1.29 is 9.53 Å². The van der Waals surface area contributed by atoms with Gasteiger partial charge in [-0.25, -0.2) is 5.43 Å². The van der Waals surface area contributed by atoms with Crippen molar-refractivity contribution in [2.24, 2.45) is 5.10 Å². The highest BCUT2D eigenvalue weighted by molar-refractivity contribution is 9.10. The summed E-state index contributed by atoms with van der Waals surface area (Å²) >= 11 is 3.69. The van der Waals surface area contributed by atoms with E-state index in [9.17, 15) is 4.79 Å². The molecule has 0 unspecified atom stereocenters. The zero-order valence-corrected chi connectivity index (χ0v) is 20.9. The van der Waals surface area contributed by atoms with Crippen LogP contribution in [0.25, 0.3) is 5.69 Å². The zero-order chi connectivity index (χ0) is 23.4. The second kappa shape index (κ2) is 10.5. The Kier molecular flexibility index (Phi) is 7.42. The zero-order valence-electron chi connectivity index (χ0n) is 19.3. The van der Waals surface area contributed by atoms with Crippen molar-refractivity contribution in [3.63, 3.8) is 0 Å². The van der Waals surface area contributed by atoms with Crippen molar-refractivity contribution >= 4 is 28.1 Å². The summed E-state index contributed by atoms with van der Waals surface area (Å²) in [5, 5.41) is 4.23. The molecule has 4 rings (SSSR count). The SMILES string of the molecule is Cc1ccc(-n2c(C)c(Br)c(/C=N\NC(=O)c3ccc(CN4CCOCC4)cc3)c2C)cc1. The number of hydrogen-bond donors (Lipinski definition) is 1. The normalized spacial score (nSPS) is 14.7. The monoisotopic (exact) mass is 508 g/mol. The first kappa shape index (κ1) is 23.4. The molecule has 0 radical (unpaired) electrons. The van der Waals surface area contributed by atoms with Crippen LogP contribution >= 0.6 is 15.9 Å². The molecule has 1 aliphatic heterocycles. The number of aromatic nitrogens is 1. The molecular formula is C26H29BrN4O2. The molecule has 7 heteroatoms. The number of carbonyl (C=O) groups excluding carboxylic acids is 1. The number of rotatable bonds is 6. The number of hydrazone groups is 1. The van der Waals surface area contributed by atoms with Crippen LogP contribution in [0.5, 0.6) is 0 Å². The molecular weight excluding hydrogens is 480 g/mol. The highest BCUT2D eigenvalue weighted by Crippen LogP contribution is 2.29. The van der Waals surface area contributed by atoms with Gasteiger partial charge in [-0.2, -0.15) is 5.10 Å². The lowest BCUT2D eigenvalue weighted by molar-refractivity contribution is 0.0342. The third-order valence-electron chi connectivity index (χ3n) is 5.99. The van der Waals surface area contributed by atoms with E-state index in [2.05, 4.69) is 74.0 Å². The van der Waals surface area contributed by atoms with Gasteiger partial charge in [-0.05, 0) is 66.5 Å². The van der Waals surface area contributed by atoms with E-state index >= 15 is 0 Å². The summed E-state index contributed by atoms with van der Waals surface area (Å²) in [7, 11) is 0. The molecule has 3 aromatic rings. The fourth-order valence-corrected chi connectivity index (χ4v) is 4.62. The van der Waals surface area contributed by atoms with Gasteiger partial charge in [0.15, 0.2) is 0 Å². The first-order valence-electron chi connectivity index (χ1n) is 11.1. The molecule has 2 aromatic carbocycles. The summed E-state index contributed by atoms with van der Waals surface area (Å²) in [5.74, 6) is -0.229. The first-order chi connectivity index (χ1) is 15.9. The van der Waals surface area contributed by atoms with Gasteiger partial charge in [0.2, 0.25) is 0 Å². The Hall–Kier alpha value is -2.74. The molecule has 1 saturated heterocycles. The summed E-state index contributed by atoms with van der Waals surface area (Å²) in [6.07, 6.45) is 1.70. The topological polar surface area (TPSA) is 58.9 Å². The van der Waals surface area contributed by atoms with E-state index in [0.717, 1.165) is 60.0 Å². The number of carbonyl (C=O) groups is 1. The van der Waals surface area contributed by atoms with Crippen LogP contribution in [0.4, 0.5) is 0 Å². The van der Waals surface area contributed by atoms with Crippen LogP contribution in [-0.4, -0.2) is 47.9 Å². The van der Waals surface area contributed by atoms with Crippen molar-refractivity contribution in [3.05, 3.63) is 86.6 Å². The van der Waals surface area contributed by atoms with Gasteiger partial charge in [-0.15, -0.1) is 0 Å². The molecule has 1 N–H and O–H groups in total. The molecule has 6 nitrogen and oxygen atoms in total. The molecule has 1 aliphatic rings. The van der Waals surface area contributed by atoms with Crippen LogP contribution < -0.4 is 5.43 Å². The van der Waals surface area contributed by atoms with Crippen LogP contribution in [0.3, 0.4) is 0 Å². The molecule has 1 fully saturated rings. The number of halogens is 1. The number of ether oxygens (including phenoxy) is 1. The second-order valence-electron chi connectivity index (χ2n) is 8.35. The summed E-state index contributed by atoms with van der Waals surface area (Å²) in [6.45, 7) is 10.5. The van der Waals surface area contributed by atoms with Gasteiger partial charge in [0.05, 0.1) is 19.4 Å². The van der Waals surface area contributed by atoms with Crippen molar-refractivity contribution in [2.75, 3.05) is 26.3 Å². The largest absolute Gasteiger partial charge is 0.379 e. The number of nitrogens with zero attached hydrogens (tertiary/aromatic N) is 3. The Balaban J connectivity index is 1.42. The van der Waals surface area contributed by atoms with Crippen LogP contribution in [0.2, 0.25) is 0 Å². The summed E-state index contributed by atoms with van der Waals surface area (Å²) in [6, 6.07) is 16.1. The highest BCUT2D eigenvalue weighted by Gasteiger charge is 2.16. The van der Waals surface area contributed by atoms with Gasteiger partial charge >= 0.3 is 0 Å². The molecule has 1 aromatic heterocycles. The minimum Gasteiger partial charge on any atom is -0.379 e.